The number of halogens is 1. The van der Waals surface area contributed by atoms with Gasteiger partial charge in [-0.1, -0.05) is 30.3 Å². The van der Waals surface area contributed by atoms with Gasteiger partial charge in [-0.25, -0.2) is 0 Å². The van der Waals surface area contributed by atoms with Crippen molar-refractivity contribution in [3.8, 4) is 0 Å². The first-order valence-electron chi connectivity index (χ1n) is 7.77. The number of carbonyl (C=O) groups is 1. The summed E-state index contributed by atoms with van der Waals surface area (Å²) in [6, 6.07) is 10.5. The number of hydrogen-bond donors (Lipinski definition) is 1. The lowest BCUT2D eigenvalue weighted by atomic mass is 9.98. The summed E-state index contributed by atoms with van der Waals surface area (Å²) < 4.78 is 5.70. The van der Waals surface area contributed by atoms with Gasteiger partial charge in [-0.05, 0) is 38.3 Å². The second kappa shape index (κ2) is 7.57. The highest BCUT2D eigenvalue weighted by Gasteiger charge is 2.40. The van der Waals surface area contributed by atoms with E-state index in [0.29, 0.717) is 12.1 Å². The topological polar surface area (TPSA) is 49.8 Å². The van der Waals surface area contributed by atoms with Crippen molar-refractivity contribution in [2.24, 2.45) is 0 Å². The lowest BCUT2D eigenvalue weighted by Gasteiger charge is -2.36. The number of benzene rings is 1. The molecule has 0 spiro atoms. The van der Waals surface area contributed by atoms with Gasteiger partial charge in [-0.15, -0.1) is 17.0 Å². The molecule has 1 N–H and O–H groups in total. The Morgan fingerprint density at radius 2 is 1.86 bits per heavy atom. The van der Waals surface area contributed by atoms with Gasteiger partial charge >= 0.3 is 5.97 Å². The Bertz CT molecular complexity index is 482. The Kier molecular flexibility index (Phi) is 6.01. The SMILES string of the molecule is Br.CN1[C@@H]2CC[C@H]1CC(OC(=O)[C@@H](CO)c1ccccc1)C2. The maximum Gasteiger partial charge on any atom is 0.316 e. The van der Waals surface area contributed by atoms with Gasteiger partial charge in [-0.3, -0.25) is 4.79 Å². The van der Waals surface area contributed by atoms with Gasteiger partial charge in [-0.2, -0.15) is 0 Å². The molecule has 0 aromatic heterocycles. The summed E-state index contributed by atoms with van der Waals surface area (Å²) in [5, 5.41) is 9.53. The van der Waals surface area contributed by atoms with E-state index >= 15 is 0 Å². The van der Waals surface area contributed by atoms with Crippen molar-refractivity contribution >= 4 is 23.0 Å². The Hall–Kier alpha value is -0.910. The number of piperidine rings is 1. The fraction of sp³-hybridized carbons (Fsp3) is 0.588. The third-order valence-corrected chi connectivity index (χ3v) is 5.01. The first-order chi connectivity index (χ1) is 10.2. The minimum atomic E-state index is -0.566. The summed E-state index contributed by atoms with van der Waals surface area (Å²) in [5.74, 6) is -0.860. The normalized spacial score (nSPS) is 28.7. The van der Waals surface area contributed by atoms with Crippen LogP contribution in [-0.4, -0.2) is 47.8 Å². The molecule has 0 amide bonds. The highest BCUT2D eigenvalue weighted by Crippen LogP contribution is 2.36. The van der Waals surface area contributed by atoms with Crippen molar-refractivity contribution in [3.63, 3.8) is 0 Å². The van der Waals surface area contributed by atoms with E-state index in [9.17, 15) is 9.90 Å². The Labute approximate surface area is 142 Å². The highest BCUT2D eigenvalue weighted by molar-refractivity contribution is 8.93. The van der Waals surface area contributed by atoms with E-state index in [1.807, 2.05) is 30.3 Å². The number of carbonyl (C=O) groups excluding carboxylic acids is 1. The van der Waals surface area contributed by atoms with Gasteiger partial charge in [0.2, 0.25) is 0 Å². The van der Waals surface area contributed by atoms with Crippen LogP contribution in [0.1, 0.15) is 37.2 Å². The van der Waals surface area contributed by atoms with Crippen LogP contribution in [0, 0.1) is 0 Å². The van der Waals surface area contributed by atoms with E-state index in [4.69, 9.17) is 4.74 Å². The molecule has 3 rings (SSSR count). The zero-order valence-electron chi connectivity index (χ0n) is 12.9. The van der Waals surface area contributed by atoms with Gasteiger partial charge in [0.1, 0.15) is 12.0 Å². The first kappa shape index (κ1) is 17.4. The van der Waals surface area contributed by atoms with Crippen LogP contribution in [0.3, 0.4) is 0 Å². The molecule has 2 bridgehead atoms. The molecule has 2 fully saturated rings. The molecule has 4 nitrogen and oxygen atoms in total. The second-order valence-corrected chi connectivity index (χ2v) is 6.23. The summed E-state index contributed by atoms with van der Waals surface area (Å²) in [6.45, 7) is -0.206. The molecule has 0 saturated carbocycles. The number of nitrogens with zero attached hydrogens (tertiary/aromatic N) is 1. The molecule has 2 saturated heterocycles. The van der Waals surface area contributed by atoms with E-state index in [1.54, 1.807) is 0 Å². The number of hydrogen-bond acceptors (Lipinski definition) is 4. The van der Waals surface area contributed by atoms with Crippen molar-refractivity contribution in [1.29, 1.82) is 0 Å². The molecular formula is C17H24BrNO3. The Morgan fingerprint density at radius 3 is 2.41 bits per heavy atom. The Balaban J connectivity index is 0.00000176. The van der Waals surface area contributed by atoms with Crippen LogP contribution in [0.4, 0.5) is 0 Å². The van der Waals surface area contributed by atoms with Gasteiger partial charge in [0, 0.05) is 12.1 Å². The molecule has 0 aliphatic carbocycles. The summed E-state index contributed by atoms with van der Waals surface area (Å²) >= 11 is 0. The van der Waals surface area contributed by atoms with Gasteiger partial charge in [0.15, 0.2) is 0 Å². The van der Waals surface area contributed by atoms with E-state index in [1.165, 1.54) is 12.8 Å². The number of ether oxygens (including phenoxy) is 1. The molecule has 122 valence electrons. The van der Waals surface area contributed by atoms with Gasteiger partial charge in [0.25, 0.3) is 0 Å². The van der Waals surface area contributed by atoms with Crippen molar-refractivity contribution in [1.82, 2.24) is 4.90 Å². The second-order valence-electron chi connectivity index (χ2n) is 6.23. The third kappa shape index (κ3) is 3.53. The van der Waals surface area contributed by atoms with Gasteiger partial charge < -0.3 is 14.7 Å². The largest absolute Gasteiger partial charge is 0.462 e. The molecule has 5 heteroatoms. The van der Waals surface area contributed by atoms with Crippen molar-refractivity contribution in [2.75, 3.05) is 13.7 Å². The molecule has 2 heterocycles. The molecular weight excluding hydrogens is 346 g/mol. The smallest absolute Gasteiger partial charge is 0.316 e. The molecule has 2 aliphatic rings. The molecule has 1 aromatic carbocycles. The van der Waals surface area contributed by atoms with Crippen LogP contribution < -0.4 is 0 Å². The van der Waals surface area contributed by atoms with Crippen molar-refractivity contribution in [2.45, 2.75) is 49.8 Å². The number of aliphatic hydroxyl groups is 1. The molecule has 22 heavy (non-hydrogen) atoms. The predicted octanol–water partition coefficient (Wildman–Crippen LogP) is 2.51. The molecule has 4 atom stereocenters. The minimum Gasteiger partial charge on any atom is -0.462 e. The predicted molar refractivity (Wildman–Crippen MR) is 90.3 cm³/mol. The van der Waals surface area contributed by atoms with E-state index < -0.39 is 5.92 Å². The Morgan fingerprint density at radius 1 is 1.27 bits per heavy atom. The van der Waals surface area contributed by atoms with Gasteiger partial charge in [0.05, 0.1) is 6.61 Å². The summed E-state index contributed by atoms with van der Waals surface area (Å²) in [6.07, 6.45) is 4.26. The van der Waals surface area contributed by atoms with Crippen LogP contribution in [0.5, 0.6) is 0 Å². The maximum atomic E-state index is 12.4. The zero-order valence-corrected chi connectivity index (χ0v) is 14.6. The standard InChI is InChI=1S/C17H23NO3.BrH/c1-18-13-7-8-14(18)10-15(9-13)21-17(20)16(11-19)12-5-3-2-4-6-12;/h2-6,13-16,19H,7-11H2,1H3;1H/t13-,14+,15?,16-;/m0./s1. The van der Waals surface area contributed by atoms with Crippen LogP contribution in [-0.2, 0) is 9.53 Å². The van der Waals surface area contributed by atoms with Crippen LogP contribution in [0.25, 0.3) is 0 Å². The third-order valence-electron chi connectivity index (χ3n) is 5.01. The lowest BCUT2D eigenvalue weighted by molar-refractivity contribution is -0.155. The summed E-state index contributed by atoms with van der Waals surface area (Å²) in [7, 11) is 2.17. The monoisotopic (exact) mass is 369 g/mol. The van der Waals surface area contributed by atoms with Crippen LogP contribution in [0.2, 0.25) is 0 Å². The van der Waals surface area contributed by atoms with Crippen molar-refractivity contribution < 1.29 is 14.6 Å². The quantitative estimate of drug-likeness (QED) is 0.828. The maximum absolute atomic E-state index is 12.4. The average molecular weight is 370 g/mol. The first-order valence-corrected chi connectivity index (χ1v) is 7.77. The average Bonchev–Trinajstić information content (AvgIpc) is 2.72. The van der Waals surface area contributed by atoms with Crippen LogP contribution >= 0.6 is 17.0 Å². The molecule has 1 unspecified atom stereocenters. The lowest BCUT2D eigenvalue weighted by Crippen LogP contribution is -2.43. The number of esters is 1. The zero-order chi connectivity index (χ0) is 14.8. The van der Waals surface area contributed by atoms with E-state index in [-0.39, 0.29) is 35.7 Å². The van der Waals surface area contributed by atoms with Crippen LogP contribution in [0.15, 0.2) is 30.3 Å². The van der Waals surface area contributed by atoms with E-state index in [2.05, 4.69) is 11.9 Å². The van der Waals surface area contributed by atoms with Crippen molar-refractivity contribution in [3.05, 3.63) is 35.9 Å². The molecule has 1 aromatic rings. The number of aliphatic hydroxyl groups excluding tert-OH is 1. The summed E-state index contributed by atoms with van der Waals surface area (Å²) in [4.78, 5) is 14.8. The highest BCUT2D eigenvalue weighted by atomic mass is 79.9. The summed E-state index contributed by atoms with van der Waals surface area (Å²) in [5.41, 5.74) is 0.820. The fourth-order valence-electron chi connectivity index (χ4n) is 3.71. The molecule has 2 aliphatic heterocycles. The minimum absolute atomic E-state index is 0. The fourth-order valence-corrected chi connectivity index (χ4v) is 3.71. The van der Waals surface area contributed by atoms with E-state index in [0.717, 1.165) is 18.4 Å². The number of rotatable bonds is 4. The number of fused-ring (bicyclic) bond motifs is 2. The molecule has 0 radical (unpaired) electrons.